The molecular formula is C22H22O2. The van der Waals surface area contributed by atoms with Gasteiger partial charge in [0.05, 0.1) is 0 Å². The van der Waals surface area contributed by atoms with Crippen molar-refractivity contribution >= 4 is 0 Å². The molecule has 0 saturated carbocycles. The Kier molecular flexibility index (Phi) is 5.52. The van der Waals surface area contributed by atoms with Gasteiger partial charge in [-0.1, -0.05) is 67.6 Å². The largest absolute Gasteiger partial charge is 0.489 e. The third kappa shape index (κ3) is 4.63. The van der Waals surface area contributed by atoms with E-state index in [4.69, 9.17) is 9.47 Å². The minimum Gasteiger partial charge on any atom is -0.489 e. The highest BCUT2D eigenvalue weighted by Crippen LogP contribution is 2.25. The third-order valence-corrected chi connectivity index (χ3v) is 3.84. The highest BCUT2D eigenvalue weighted by atomic mass is 16.5. The highest BCUT2D eigenvalue weighted by molar-refractivity contribution is 5.39. The molecule has 3 aromatic rings. The van der Waals surface area contributed by atoms with E-state index in [0.717, 1.165) is 29.0 Å². The predicted molar refractivity (Wildman–Crippen MR) is 97.4 cm³/mol. The zero-order valence-electron chi connectivity index (χ0n) is 13.9. The van der Waals surface area contributed by atoms with E-state index in [1.54, 1.807) is 0 Å². The second-order valence-corrected chi connectivity index (χ2v) is 5.71. The zero-order chi connectivity index (χ0) is 16.6. The van der Waals surface area contributed by atoms with Crippen molar-refractivity contribution in [3.8, 4) is 11.5 Å². The molecule has 0 fully saturated rings. The molecule has 0 spiro atoms. The van der Waals surface area contributed by atoms with Crippen molar-refractivity contribution < 1.29 is 9.47 Å². The zero-order valence-corrected chi connectivity index (χ0v) is 13.9. The predicted octanol–water partition coefficient (Wildman–Crippen LogP) is 5.41. The number of rotatable bonds is 7. The quantitative estimate of drug-likeness (QED) is 0.580. The number of aryl methyl sites for hydroxylation is 1. The van der Waals surface area contributed by atoms with Crippen molar-refractivity contribution in [3.05, 3.63) is 95.6 Å². The summed E-state index contributed by atoms with van der Waals surface area (Å²) in [5.74, 6) is 1.70. The van der Waals surface area contributed by atoms with Crippen LogP contribution in [0, 0.1) is 0 Å². The van der Waals surface area contributed by atoms with E-state index >= 15 is 0 Å². The van der Waals surface area contributed by atoms with Crippen LogP contribution in [-0.4, -0.2) is 0 Å². The summed E-state index contributed by atoms with van der Waals surface area (Å²) in [6.45, 7) is 3.26. The Morgan fingerprint density at radius 1 is 0.583 bits per heavy atom. The number of hydrogen-bond acceptors (Lipinski definition) is 2. The van der Waals surface area contributed by atoms with Crippen LogP contribution in [0.1, 0.15) is 23.6 Å². The Bertz CT molecular complexity index is 690. The molecule has 0 radical (unpaired) electrons. The van der Waals surface area contributed by atoms with Crippen LogP contribution in [0.25, 0.3) is 0 Å². The molecule has 0 bridgehead atoms. The van der Waals surface area contributed by atoms with E-state index in [2.05, 4.69) is 43.3 Å². The van der Waals surface area contributed by atoms with Gasteiger partial charge in [-0.3, -0.25) is 0 Å². The average Bonchev–Trinajstić information content (AvgIpc) is 2.66. The molecular weight excluding hydrogens is 296 g/mol. The Morgan fingerprint density at radius 2 is 1.04 bits per heavy atom. The fourth-order valence-electron chi connectivity index (χ4n) is 2.48. The van der Waals surface area contributed by atoms with Gasteiger partial charge in [0.25, 0.3) is 0 Å². The molecule has 0 atom stereocenters. The minimum atomic E-state index is 0.562. The molecule has 122 valence electrons. The van der Waals surface area contributed by atoms with Crippen LogP contribution < -0.4 is 9.47 Å². The molecule has 0 saturated heterocycles. The summed E-state index contributed by atoms with van der Waals surface area (Å²) in [6, 6.07) is 26.5. The first kappa shape index (κ1) is 16.1. The lowest BCUT2D eigenvalue weighted by Gasteiger charge is -2.12. The van der Waals surface area contributed by atoms with Gasteiger partial charge >= 0.3 is 0 Å². The van der Waals surface area contributed by atoms with Crippen LogP contribution >= 0.6 is 0 Å². The summed E-state index contributed by atoms with van der Waals surface area (Å²) in [7, 11) is 0. The Balaban J connectivity index is 1.68. The maximum atomic E-state index is 5.95. The SMILES string of the molecule is CCc1cc(OCc2ccccc2)cc(OCc2ccccc2)c1. The van der Waals surface area contributed by atoms with E-state index in [1.807, 2.05) is 42.5 Å². The standard InChI is InChI=1S/C22H22O2/c1-2-18-13-21(23-16-19-9-5-3-6-10-19)15-22(14-18)24-17-20-11-7-4-8-12-20/h3-15H,2,16-17H2,1H3. The fourth-order valence-corrected chi connectivity index (χ4v) is 2.48. The van der Waals surface area contributed by atoms with Gasteiger partial charge in [0.1, 0.15) is 24.7 Å². The van der Waals surface area contributed by atoms with Crippen LogP contribution in [0.4, 0.5) is 0 Å². The van der Waals surface area contributed by atoms with Gasteiger partial charge in [-0.15, -0.1) is 0 Å². The molecule has 24 heavy (non-hydrogen) atoms. The molecule has 0 N–H and O–H groups in total. The molecule has 0 aliphatic carbocycles. The van der Waals surface area contributed by atoms with Crippen molar-refractivity contribution in [2.24, 2.45) is 0 Å². The normalized spacial score (nSPS) is 10.4. The third-order valence-electron chi connectivity index (χ3n) is 3.84. The molecule has 0 aromatic heterocycles. The Hall–Kier alpha value is -2.74. The van der Waals surface area contributed by atoms with Crippen LogP contribution in [0.15, 0.2) is 78.9 Å². The van der Waals surface area contributed by atoms with Gasteiger partial charge in [-0.2, -0.15) is 0 Å². The first-order valence-corrected chi connectivity index (χ1v) is 8.31. The lowest BCUT2D eigenvalue weighted by atomic mass is 10.1. The topological polar surface area (TPSA) is 18.5 Å². The van der Waals surface area contributed by atoms with Crippen LogP contribution in [0.3, 0.4) is 0 Å². The van der Waals surface area contributed by atoms with Gasteiger partial charge < -0.3 is 9.47 Å². The maximum Gasteiger partial charge on any atom is 0.123 e. The van der Waals surface area contributed by atoms with Crippen LogP contribution in [0.2, 0.25) is 0 Å². The smallest absolute Gasteiger partial charge is 0.123 e. The van der Waals surface area contributed by atoms with E-state index in [9.17, 15) is 0 Å². The van der Waals surface area contributed by atoms with E-state index in [-0.39, 0.29) is 0 Å². The van der Waals surface area contributed by atoms with E-state index in [1.165, 1.54) is 5.56 Å². The lowest BCUT2D eigenvalue weighted by Crippen LogP contribution is -1.99. The van der Waals surface area contributed by atoms with Crippen molar-refractivity contribution in [2.75, 3.05) is 0 Å². The first-order valence-electron chi connectivity index (χ1n) is 8.31. The van der Waals surface area contributed by atoms with Crippen molar-refractivity contribution in [3.63, 3.8) is 0 Å². The van der Waals surface area contributed by atoms with Crippen molar-refractivity contribution in [2.45, 2.75) is 26.6 Å². The molecule has 0 unspecified atom stereocenters. The van der Waals surface area contributed by atoms with Crippen LogP contribution in [0.5, 0.6) is 11.5 Å². The molecule has 2 heteroatoms. The van der Waals surface area contributed by atoms with Crippen molar-refractivity contribution in [1.29, 1.82) is 0 Å². The number of hydrogen-bond donors (Lipinski definition) is 0. The highest BCUT2D eigenvalue weighted by Gasteiger charge is 2.04. The van der Waals surface area contributed by atoms with Gasteiger partial charge in [0.15, 0.2) is 0 Å². The second kappa shape index (κ2) is 8.21. The number of ether oxygens (including phenoxy) is 2. The van der Waals surface area contributed by atoms with E-state index in [0.29, 0.717) is 13.2 Å². The molecule has 3 aromatic carbocycles. The van der Waals surface area contributed by atoms with Gasteiger partial charge in [0.2, 0.25) is 0 Å². The van der Waals surface area contributed by atoms with Gasteiger partial charge in [0, 0.05) is 6.07 Å². The summed E-state index contributed by atoms with van der Waals surface area (Å²) in [4.78, 5) is 0. The summed E-state index contributed by atoms with van der Waals surface area (Å²) >= 11 is 0. The lowest BCUT2D eigenvalue weighted by molar-refractivity contribution is 0.289. The summed E-state index contributed by atoms with van der Waals surface area (Å²) in [5.41, 5.74) is 3.53. The molecule has 0 heterocycles. The molecule has 0 aliphatic rings. The Labute approximate surface area is 143 Å². The van der Waals surface area contributed by atoms with E-state index < -0.39 is 0 Å². The molecule has 2 nitrogen and oxygen atoms in total. The van der Waals surface area contributed by atoms with Crippen molar-refractivity contribution in [1.82, 2.24) is 0 Å². The average molecular weight is 318 g/mol. The molecule has 3 rings (SSSR count). The monoisotopic (exact) mass is 318 g/mol. The van der Waals surface area contributed by atoms with Crippen LogP contribution in [-0.2, 0) is 19.6 Å². The first-order chi connectivity index (χ1) is 11.8. The number of benzene rings is 3. The van der Waals surface area contributed by atoms with Gasteiger partial charge in [-0.05, 0) is 35.2 Å². The summed E-state index contributed by atoms with van der Waals surface area (Å²) in [6.07, 6.45) is 0.949. The minimum absolute atomic E-state index is 0.562. The molecule has 0 amide bonds. The maximum absolute atomic E-state index is 5.95. The summed E-state index contributed by atoms with van der Waals surface area (Å²) in [5, 5.41) is 0. The van der Waals surface area contributed by atoms with Gasteiger partial charge in [-0.25, -0.2) is 0 Å². The Morgan fingerprint density at radius 3 is 1.46 bits per heavy atom. The fraction of sp³-hybridized carbons (Fsp3) is 0.182. The summed E-state index contributed by atoms with van der Waals surface area (Å²) < 4.78 is 11.9. The molecule has 0 aliphatic heterocycles. The second-order valence-electron chi connectivity index (χ2n) is 5.71.